The molecule has 0 spiro atoms. The van der Waals surface area contributed by atoms with Gasteiger partial charge in [0, 0.05) is 6.54 Å². The second kappa shape index (κ2) is 8.28. The molecule has 4 nitrogen and oxygen atoms in total. The summed E-state index contributed by atoms with van der Waals surface area (Å²) >= 11 is 3.21. The zero-order chi connectivity index (χ0) is 12.5. The van der Waals surface area contributed by atoms with Gasteiger partial charge in [0.25, 0.3) is 5.56 Å². The maximum atomic E-state index is 11.3. The summed E-state index contributed by atoms with van der Waals surface area (Å²) in [6.45, 7) is 3.08. The van der Waals surface area contributed by atoms with Crippen molar-refractivity contribution < 1.29 is 0 Å². The molecule has 1 heterocycles. The van der Waals surface area contributed by atoms with Crippen molar-refractivity contribution in [3.8, 4) is 0 Å². The highest BCUT2D eigenvalue weighted by Gasteiger charge is 2.03. The molecule has 1 aromatic rings. The van der Waals surface area contributed by atoms with E-state index in [2.05, 4.69) is 38.1 Å². The maximum absolute atomic E-state index is 11.3. The number of aromatic nitrogens is 2. The molecule has 5 heteroatoms. The maximum Gasteiger partial charge on any atom is 0.267 e. The van der Waals surface area contributed by atoms with E-state index >= 15 is 0 Å². The molecule has 0 aliphatic rings. The van der Waals surface area contributed by atoms with E-state index in [1.54, 1.807) is 0 Å². The van der Waals surface area contributed by atoms with Gasteiger partial charge in [0.05, 0.1) is 6.33 Å². The third-order valence-corrected chi connectivity index (χ3v) is 3.36. The number of unbranched alkanes of at least 4 members (excludes halogenated alkanes) is 5. The first-order chi connectivity index (χ1) is 8.25. The highest BCUT2D eigenvalue weighted by Crippen LogP contribution is 2.13. The van der Waals surface area contributed by atoms with Crippen LogP contribution in [0.15, 0.2) is 15.6 Å². The van der Waals surface area contributed by atoms with Crippen LogP contribution >= 0.6 is 15.9 Å². The second-order valence-corrected chi connectivity index (χ2v) is 4.88. The lowest BCUT2D eigenvalue weighted by atomic mass is 10.1. The van der Waals surface area contributed by atoms with E-state index in [0.717, 1.165) is 13.0 Å². The normalized spacial score (nSPS) is 10.5. The summed E-state index contributed by atoms with van der Waals surface area (Å²) in [7, 11) is 0. The van der Waals surface area contributed by atoms with Crippen molar-refractivity contribution in [1.29, 1.82) is 0 Å². The number of halogens is 1. The first-order valence-electron chi connectivity index (χ1n) is 6.22. The van der Waals surface area contributed by atoms with Gasteiger partial charge in [-0.05, 0) is 22.4 Å². The summed E-state index contributed by atoms with van der Waals surface area (Å²) in [6.07, 6.45) is 8.98. The van der Waals surface area contributed by atoms with Gasteiger partial charge in [-0.15, -0.1) is 0 Å². The fourth-order valence-corrected chi connectivity index (χ4v) is 1.98. The molecule has 17 heavy (non-hydrogen) atoms. The van der Waals surface area contributed by atoms with Crippen molar-refractivity contribution in [3.63, 3.8) is 0 Å². The minimum absolute atomic E-state index is 0.148. The lowest BCUT2D eigenvalue weighted by Gasteiger charge is -2.06. The number of hydrogen-bond donors (Lipinski definition) is 2. The Morgan fingerprint density at radius 1 is 1.29 bits per heavy atom. The number of anilines is 1. The fraction of sp³-hybridized carbons (Fsp3) is 0.667. The van der Waals surface area contributed by atoms with Crippen molar-refractivity contribution in [2.75, 3.05) is 11.9 Å². The number of hydrogen-bond acceptors (Lipinski definition) is 3. The molecule has 0 unspecified atom stereocenters. The SMILES string of the molecule is CCCCCCCCNc1nc[nH]c(=O)c1Br. The summed E-state index contributed by atoms with van der Waals surface area (Å²) in [5, 5.41) is 3.17. The number of rotatable bonds is 8. The van der Waals surface area contributed by atoms with Crippen molar-refractivity contribution >= 4 is 21.7 Å². The van der Waals surface area contributed by atoms with Crippen LogP contribution in [-0.4, -0.2) is 16.5 Å². The molecule has 0 amide bonds. The average molecular weight is 302 g/mol. The molecule has 0 saturated heterocycles. The Bertz CT molecular complexity index is 378. The molecule has 0 bridgehead atoms. The zero-order valence-electron chi connectivity index (χ0n) is 10.3. The highest BCUT2D eigenvalue weighted by molar-refractivity contribution is 9.10. The number of aromatic amines is 1. The predicted molar refractivity (Wildman–Crippen MR) is 74.4 cm³/mol. The number of H-pyrrole nitrogens is 1. The van der Waals surface area contributed by atoms with Crippen LogP contribution < -0.4 is 10.9 Å². The van der Waals surface area contributed by atoms with Crippen molar-refractivity contribution in [2.45, 2.75) is 45.4 Å². The first-order valence-corrected chi connectivity index (χ1v) is 7.02. The number of nitrogens with zero attached hydrogens (tertiary/aromatic N) is 1. The Kier molecular flexibility index (Phi) is 6.93. The Labute approximate surface area is 110 Å². The van der Waals surface area contributed by atoms with Crippen LogP contribution in [0.5, 0.6) is 0 Å². The van der Waals surface area contributed by atoms with Gasteiger partial charge in [-0.2, -0.15) is 0 Å². The fourth-order valence-electron chi connectivity index (χ4n) is 1.62. The molecular formula is C12H20BrN3O. The number of nitrogens with one attached hydrogen (secondary N) is 2. The minimum Gasteiger partial charge on any atom is -0.369 e. The van der Waals surface area contributed by atoms with Crippen LogP contribution in [0.2, 0.25) is 0 Å². The van der Waals surface area contributed by atoms with Gasteiger partial charge >= 0.3 is 0 Å². The van der Waals surface area contributed by atoms with E-state index in [1.807, 2.05) is 0 Å². The van der Waals surface area contributed by atoms with Gasteiger partial charge in [-0.1, -0.05) is 39.0 Å². The van der Waals surface area contributed by atoms with E-state index in [0.29, 0.717) is 10.3 Å². The Morgan fingerprint density at radius 3 is 2.76 bits per heavy atom. The van der Waals surface area contributed by atoms with E-state index in [-0.39, 0.29) is 5.56 Å². The molecule has 0 saturated carbocycles. The van der Waals surface area contributed by atoms with Crippen molar-refractivity contribution in [1.82, 2.24) is 9.97 Å². The molecule has 2 N–H and O–H groups in total. The van der Waals surface area contributed by atoms with Gasteiger partial charge in [0.1, 0.15) is 10.3 Å². The summed E-state index contributed by atoms with van der Waals surface area (Å²) in [5.41, 5.74) is -0.148. The van der Waals surface area contributed by atoms with E-state index in [9.17, 15) is 4.79 Å². The van der Waals surface area contributed by atoms with Crippen LogP contribution in [0.1, 0.15) is 45.4 Å². The quantitative estimate of drug-likeness (QED) is 0.724. The monoisotopic (exact) mass is 301 g/mol. The van der Waals surface area contributed by atoms with Crippen LogP contribution in [0.3, 0.4) is 0 Å². The molecular weight excluding hydrogens is 282 g/mol. The molecule has 0 aliphatic carbocycles. The molecule has 0 atom stereocenters. The average Bonchev–Trinajstić information content (AvgIpc) is 2.33. The van der Waals surface area contributed by atoms with Crippen LogP contribution in [0.4, 0.5) is 5.82 Å². The molecule has 0 aromatic carbocycles. The van der Waals surface area contributed by atoms with Gasteiger partial charge in [-0.3, -0.25) is 4.79 Å². The lowest BCUT2D eigenvalue weighted by molar-refractivity contribution is 0.616. The van der Waals surface area contributed by atoms with E-state index in [1.165, 1.54) is 38.4 Å². The van der Waals surface area contributed by atoms with Crippen molar-refractivity contribution in [3.05, 3.63) is 21.2 Å². The highest BCUT2D eigenvalue weighted by atomic mass is 79.9. The molecule has 96 valence electrons. The molecule has 0 aliphatic heterocycles. The van der Waals surface area contributed by atoms with Crippen LogP contribution in [0, 0.1) is 0 Å². The first kappa shape index (κ1) is 14.2. The lowest BCUT2D eigenvalue weighted by Crippen LogP contribution is -2.12. The Hall–Kier alpha value is -0.840. The van der Waals surface area contributed by atoms with Gasteiger partial charge in [0.15, 0.2) is 0 Å². The summed E-state index contributed by atoms with van der Waals surface area (Å²) in [6, 6.07) is 0. The Balaban J connectivity index is 2.18. The molecule has 0 radical (unpaired) electrons. The summed E-state index contributed by atoms with van der Waals surface area (Å²) in [5.74, 6) is 0.627. The second-order valence-electron chi connectivity index (χ2n) is 4.09. The predicted octanol–water partition coefficient (Wildman–Crippen LogP) is 3.30. The van der Waals surface area contributed by atoms with Crippen LogP contribution in [0.25, 0.3) is 0 Å². The molecule has 1 rings (SSSR count). The standard InChI is InChI=1S/C12H20BrN3O/c1-2-3-4-5-6-7-8-14-11-10(13)12(17)16-9-15-11/h9H,2-8H2,1H3,(H2,14,15,16,17). The zero-order valence-corrected chi connectivity index (χ0v) is 11.8. The van der Waals surface area contributed by atoms with Crippen LogP contribution in [-0.2, 0) is 0 Å². The summed E-state index contributed by atoms with van der Waals surface area (Å²) < 4.78 is 0.478. The largest absolute Gasteiger partial charge is 0.369 e. The Morgan fingerprint density at radius 2 is 2.00 bits per heavy atom. The molecule has 1 aromatic heterocycles. The smallest absolute Gasteiger partial charge is 0.267 e. The van der Waals surface area contributed by atoms with E-state index in [4.69, 9.17) is 0 Å². The van der Waals surface area contributed by atoms with Gasteiger partial charge in [0.2, 0.25) is 0 Å². The topological polar surface area (TPSA) is 57.8 Å². The van der Waals surface area contributed by atoms with Gasteiger partial charge in [-0.25, -0.2) is 4.98 Å². The minimum atomic E-state index is -0.148. The van der Waals surface area contributed by atoms with E-state index < -0.39 is 0 Å². The van der Waals surface area contributed by atoms with Gasteiger partial charge < -0.3 is 10.3 Å². The van der Waals surface area contributed by atoms with Crippen molar-refractivity contribution in [2.24, 2.45) is 0 Å². The summed E-state index contributed by atoms with van der Waals surface area (Å²) in [4.78, 5) is 17.8. The third kappa shape index (κ3) is 5.35. The molecule has 0 fully saturated rings. The third-order valence-electron chi connectivity index (χ3n) is 2.62.